The third-order valence-electron chi connectivity index (χ3n) is 4.39. The van der Waals surface area contributed by atoms with Gasteiger partial charge in [-0.1, -0.05) is 29.8 Å². The minimum absolute atomic E-state index is 0.120. The molecule has 0 aliphatic rings. The molecule has 3 rings (SSSR count). The minimum atomic E-state index is -0.120. The molecule has 0 atom stereocenters. The SMILES string of the molecule is COc1cccc(CNc2ccc(NC(=O)c3cccc(C)c3)cc2)c1OC. The molecule has 0 saturated carbocycles. The Labute approximate surface area is 165 Å². The number of ether oxygens (including phenoxy) is 2. The monoisotopic (exact) mass is 376 g/mol. The second kappa shape index (κ2) is 8.95. The van der Waals surface area contributed by atoms with Crippen molar-refractivity contribution in [3.8, 4) is 11.5 Å². The summed E-state index contributed by atoms with van der Waals surface area (Å²) in [6.07, 6.45) is 0. The average molecular weight is 376 g/mol. The van der Waals surface area contributed by atoms with Gasteiger partial charge in [0.05, 0.1) is 14.2 Å². The summed E-state index contributed by atoms with van der Waals surface area (Å²) in [5.74, 6) is 1.31. The van der Waals surface area contributed by atoms with Gasteiger partial charge in [0, 0.05) is 29.0 Å². The standard InChI is InChI=1S/C23H24N2O3/c1-16-6-4-7-17(14-16)23(26)25-20-12-10-19(11-13-20)24-15-18-8-5-9-21(27-2)22(18)28-3/h4-14,24H,15H2,1-3H3,(H,25,26). The highest BCUT2D eigenvalue weighted by Crippen LogP contribution is 2.31. The van der Waals surface area contributed by atoms with E-state index in [4.69, 9.17) is 9.47 Å². The quantitative estimate of drug-likeness (QED) is 0.617. The Bertz CT molecular complexity index is 952. The molecule has 3 aromatic rings. The third-order valence-corrected chi connectivity index (χ3v) is 4.39. The van der Waals surface area contributed by atoms with E-state index < -0.39 is 0 Å². The van der Waals surface area contributed by atoms with Crippen molar-refractivity contribution in [2.45, 2.75) is 13.5 Å². The van der Waals surface area contributed by atoms with Gasteiger partial charge in [-0.2, -0.15) is 0 Å². The maximum Gasteiger partial charge on any atom is 0.255 e. The molecular weight excluding hydrogens is 352 g/mol. The van der Waals surface area contributed by atoms with Gasteiger partial charge in [-0.25, -0.2) is 0 Å². The number of hydrogen-bond acceptors (Lipinski definition) is 4. The second-order valence-electron chi connectivity index (χ2n) is 6.41. The van der Waals surface area contributed by atoms with E-state index in [1.807, 2.05) is 67.6 Å². The summed E-state index contributed by atoms with van der Waals surface area (Å²) in [5, 5.41) is 6.27. The molecule has 0 aromatic heterocycles. The Kier molecular flexibility index (Phi) is 6.17. The fourth-order valence-electron chi connectivity index (χ4n) is 2.95. The van der Waals surface area contributed by atoms with Crippen molar-refractivity contribution in [2.24, 2.45) is 0 Å². The van der Waals surface area contributed by atoms with E-state index in [0.29, 0.717) is 17.9 Å². The van der Waals surface area contributed by atoms with Gasteiger partial charge in [0.1, 0.15) is 0 Å². The molecule has 0 unspecified atom stereocenters. The van der Waals surface area contributed by atoms with Gasteiger partial charge in [0.25, 0.3) is 5.91 Å². The van der Waals surface area contributed by atoms with Crippen LogP contribution in [0.5, 0.6) is 11.5 Å². The number of anilines is 2. The fourth-order valence-corrected chi connectivity index (χ4v) is 2.95. The number of methoxy groups -OCH3 is 2. The van der Waals surface area contributed by atoms with Crippen LogP contribution in [0.4, 0.5) is 11.4 Å². The van der Waals surface area contributed by atoms with Crippen LogP contribution in [0.15, 0.2) is 66.7 Å². The number of carbonyl (C=O) groups excluding carboxylic acids is 1. The van der Waals surface area contributed by atoms with Crippen LogP contribution >= 0.6 is 0 Å². The summed E-state index contributed by atoms with van der Waals surface area (Å²) in [7, 11) is 3.26. The Morgan fingerprint density at radius 2 is 1.61 bits per heavy atom. The summed E-state index contributed by atoms with van der Waals surface area (Å²) >= 11 is 0. The van der Waals surface area contributed by atoms with Crippen molar-refractivity contribution < 1.29 is 14.3 Å². The Morgan fingerprint density at radius 3 is 2.29 bits per heavy atom. The van der Waals surface area contributed by atoms with E-state index >= 15 is 0 Å². The molecule has 1 amide bonds. The first kappa shape index (κ1) is 19.3. The van der Waals surface area contributed by atoms with Gasteiger partial charge < -0.3 is 20.1 Å². The van der Waals surface area contributed by atoms with Crippen molar-refractivity contribution in [3.05, 3.63) is 83.4 Å². The number of carbonyl (C=O) groups is 1. The zero-order chi connectivity index (χ0) is 19.9. The highest BCUT2D eigenvalue weighted by molar-refractivity contribution is 6.04. The normalized spacial score (nSPS) is 10.2. The maximum absolute atomic E-state index is 12.3. The highest BCUT2D eigenvalue weighted by Gasteiger charge is 2.09. The van der Waals surface area contributed by atoms with Gasteiger partial charge in [-0.15, -0.1) is 0 Å². The van der Waals surface area contributed by atoms with Crippen molar-refractivity contribution >= 4 is 17.3 Å². The molecule has 28 heavy (non-hydrogen) atoms. The van der Waals surface area contributed by atoms with E-state index in [1.165, 1.54) is 0 Å². The number of amides is 1. The smallest absolute Gasteiger partial charge is 0.255 e. The summed E-state index contributed by atoms with van der Waals surface area (Å²) in [6, 6.07) is 20.9. The van der Waals surface area contributed by atoms with Gasteiger partial charge >= 0.3 is 0 Å². The predicted octanol–water partition coefficient (Wildman–Crippen LogP) is 4.88. The van der Waals surface area contributed by atoms with E-state index in [9.17, 15) is 4.79 Å². The second-order valence-corrected chi connectivity index (χ2v) is 6.41. The van der Waals surface area contributed by atoms with E-state index in [1.54, 1.807) is 20.3 Å². The average Bonchev–Trinajstić information content (AvgIpc) is 2.72. The Balaban J connectivity index is 1.63. The van der Waals surface area contributed by atoms with Crippen molar-refractivity contribution in [1.82, 2.24) is 0 Å². The lowest BCUT2D eigenvalue weighted by Gasteiger charge is -2.14. The molecule has 5 nitrogen and oxygen atoms in total. The molecule has 5 heteroatoms. The lowest BCUT2D eigenvalue weighted by Crippen LogP contribution is -2.12. The number of hydrogen-bond donors (Lipinski definition) is 2. The molecule has 0 aliphatic carbocycles. The van der Waals surface area contributed by atoms with Crippen LogP contribution in [0.1, 0.15) is 21.5 Å². The molecule has 2 N–H and O–H groups in total. The zero-order valence-electron chi connectivity index (χ0n) is 16.3. The van der Waals surface area contributed by atoms with Crippen LogP contribution in [0, 0.1) is 6.92 Å². The number of para-hydroxylation sites is 1. The summed E-state index contributed by atoms with van der Waals surface area (Å²) < 4.78 is 10.8. The van der Waals surface area contributed by atoms with Gasteiger partial charge in [0.2, 0.25) is 0 Å². The van der Waals surface area contributed by atoms with Crippen LogP contribution in [0.2, 0.25) is 0 Å². The zero-order valence-corrected chi connectivity index (χ0v) is 16.3. The summed E-state index contributed by atoms with van der Waals surface area (Å²) in [5.41, 5.74) is 4.39. The van der Waals surface area contributed by atoms with Crippen LogP contribution in [-0.2, 0) is 6.54 Å². The molecule has 0 heterocycles. The van der Waals surface area contributed by atoms with Crippen molar-refractivity contribution in [3.63, 3.8) is 0 Å². The third kappa shape index (κ3) is 4.62. The molecule has 0 spiro atoms. The summed E-state index contributed by atoms with van der Waals surface area (Å²) in [6.45, 7) is 2.56. The van der Waals surface area contributed by atoms with Gasteiger partial charge in [-0.05, 0) is 49.4 Å². The first-order valence-corrected chi connectivity index (χ1v) is 9.02. The Morgan fingerprint density at radius 1 is 0.893 bits per heavy atom. The van der Waals surface area contributed by atoms with Crippen LogP contribution < -0.4 is 20.1 Å². The largest absolute Gasteiger partial charge is 0.493 e. The highest BCUT2D eigenvalue weighted by atomic mass is 16.5. The lowest BCUT2D eigenvalue weighted by atomic mass is 10.1. The topological polar surface area (TPSA) is 59.6 Å². The molecule has 144 valence electrons. The maximum atomic E-state index is 12.3. The minimum Gasteiger partial charge on any atom is -0.493 e. The van der Waals surface area contributed by atoms with E-state index in [0.717, 1.165) is 28.3 Å². The number of benzene rings is 3. The van der Waals surface area contributed by atoms with E-state index in [-0.39, 0.29) is 5.91 Å². The molecule has 0 radical (unpaired) electrons. The van der Waals surface area contributed by atoms with Gasteiger partial charge in [-0.3, -0.25) is 4.79 Å². The fraction of sp³-hybridized carbons (Fsp3) is 0.174. The van der Waals surface area contributed by atoms with Crippen LogP contribution in [0.25, 0.3) is 0 Å². The molecule has 0 aliphatic heterocycles. The summed E-state index contributed by atoms with van der Waals surface area (Å²) in [4.78, 5) is 12.3. The van der Waals surface area contributed by atoms with Crippen LogP contribution in [-0.4, -0.2) is 20.1 Å². The van der Waals surface area contributed by atoms with Crippen molar-refractivity contribution in [2.75, 3.05) is 24.9 Å². The molecule has 0 saturated heterocycles. The first-order chi connectivity index (χ1) is 13.6. The predicted molar refractivity (Wildman–Crippen MR) is 112 cm³/mol. The molecular formula is C23H24N2O3. The lowest BCUT2D eigenvalue weighted by molar-refractivity contribution is 0.102. The first-order valence-electron chi connectivity index (χ1n) is 9.02. The van der Waals surface area contributed by atoms with Crippen LogP contribution in [0.3, 0.4) is 0 Å². The van der Waals surface area contributed by atoms with Crippen molar-refractivity contribution in [1.29, 1.82) is 0 Å². The molecule has 0 bridgehead atoms. The Hall–Kier alpha value is -3.47. The molecule has 3 aromatic carbocycles. The van der Waals surface area contributed by atoms with E-state index in [2.05, 4.69) is 10.6 Å². The molecule has 0 fully saturated rings. The number of rotatable bonds is 7. The number of aryl methyl sites for hydroxylation is 1. The van der Waals surface area contributed by atoms with Gasteiger partial charge in [0.15, 0.2) is 11.5 Å². The number of nitrogens with one attached hydrogen (secondary N) is 2.